The molecule has 0 spiro atoms. The molecule has 3 rings (SSSR count). The zero-order valence-electron chi connectivity index (χ0n) is 15.6. The van der Waals surface area contributed by atoms with Gasteiger partial charge in [0.15, 0.2) is 11.6 Å². The first-order chi connectivity index (χ1) is 12.0. The highest BCUT2D eigenvalue weighted by Gasteiger charge is 2.35. The van der Waals surface area contributed by atoms with Gasteiger partial charge < -0.3 is 10.0 Å². The highest BCUT2D eigenvalue weighted by atomic mass is 19.1. The molecule has 138 valence electrons. The van der Waals surface area contributed by atoms with E-state index in [1.807, 2.05) is 19.9 Å². The number of nitrogens with zero attached hydrogens (tertiary/aromatic N) is 1. The number of aromatic hydroxyl groups is 1. The number of phenols is 1. The Balaban J connectivity index is 1.76. The number of rotatable bonds is 5. The molecule has 0 saturated heterocycles. The van der Waals surface area contributed by atoms with Crippen molar-refractivity contribution in [2.45, 2.75) is 71.8 Å². The highest BCUT2D eigenvalue weighted by Crippen LogP contribution is 2.39. The van der Waals surface area contributed by atoms with Crippen LogP contribution in [0.25, 0.3) is 0 Å². The summed E-state index contributed by atoms with van der Waals surface area (Å²) < 4.78 is 14.7. The van der Waals surface area contributed by atoms with Gasteiger partial charge in [-0.05, 0) is 48.6 Å². The van der Waals surface area contributed by atoms with E-state index in [0.717, 1.165) is 30.7 Å². The van der Waals surface area contributed by atoms with Gasteiger partial charge in [-0.2, -0.15) is 0 Å². The van der Waals surface area contributed by atoms with Crippen molar-refractivity contribution in [3.8, 4) is 5.75 Å². The van der Waals surface area contributed by atoms with E-state index in [4.69, 9.17) is 0 Å². The third-order valence-electron chi connectivity index (χ3n) is 6.38. The Labute approximate surface area is 150 Å². The van der Waals surface area contributed by atoms with Gasteiger partial charge in [-0.1, -0.05) is 40.0 Å². The largest absolute Gasteiger partial charge is 0.505 e. The average molecular weight is 347 g/mol. The first kappa shape index (κ1) is 18.2. The van der Waals surface area contributed by atoms with Crippen LogP contribution in [0, 0.1) is 17.7 Å². The third kappa shape index (κ3) is 3.40. The molecule has 1 N–H and O–H groups in total. The van der Waals surface area contributed by atoms with E-state index in [1.165, 1.54) is 19.3 Å². The summed E-state index contributed by atoms with van der Waals surface area (Å²) in [6.07, 6.45) is 6.86. The molecule has 1 saturated carbocycles. The highest BCUT2D eigenvalue weighted by molar-refractivity contribution is 5.99. The molecule has 1 aromatic carbocycles. The minimum Gasteiger partial charge on any atom is -0.505 e. The lowest BCUT2D eigenvalue weighted by Crippen LogP contribution is -2.32. The molecule has 0 radical (unpaired) electrons. The number of fused-ring (bicyclic) bond motifs is 1. The predicted molar refractivity (Wildman–Crippen MR) is 97.3 cm³/mol. The van der Waals surface area contributed by atoms with Crippen LogP contribution in [0.15, 0.2) is 6.07 Å². The SMILES string of the molecule is CCC1CCC(CN2Cc3cc(C(C)CC)c(O)c(F)c3C2=O)CC1. The van der Waals surface area contributed by atoms with Gasteiger partial charge in [0.2, 0.25) is 0 Å². The summed E-state index contributed by atoms with van der Waals surface area (Å²) in [6.45, 7) is 7.42. The number of phenolic OH excluding ortho intramolecular Hbond substituents is 1. The van der Waals surface area contributed by atoms with Crippen molar-refractivity contribution in [3.05, 3.63) is 28.6 Å². The Kier molecular flexibility index (Phi) is 5.35. The molecule has 3 nitrogen and oxygen atoms in total. The number of benzene rings is 1. The normalized spacial score (nSPS) is 24.5. The van der Waals surface area contributed by atoms with Gasteiger partial charge in [-0.3, -0.25) is 4.79 Å². The first-order valence-corrected chi connectivity index (χ1v) is 9.79. The van der Waals surface area contributed by atoms with Gasteiger partial charge in [-0.25, -0.2) is 4.39 Å². The van der Waals surface area contributed by atoms with Crippen LogP contribution in [-0.2, 0) is 6.54 Å². The van der Waals surface area contributed by atoms with E-state index in [2.05, 4.69) is 6.92 Å². The molecule has 1 amide bonds. The van der Waals surface area contributed by atoms with Gasteiger partial charge in [0, 0.05) is 18.7 Å². The van der Waals surface area contributed by atoms with Crippen LogP contribution >= 0.6 is 0 Å². The Morgan fingerprint density at radius 2 is 1.88 bits per heavy atom. The maximum atomic E-state index is 14.7. The van der Waals surface area contributed by atoms with Crippen molar-refractivity contribution in [1.29, 1.82) is 0 Å². The van der Waals surface area contributed by atoms with Gasteiger partial charge >= 0.3 is 0 Å². The lowest BCUT2D eigenvalue weighted by atomic mass is 9.80. The molecule has 25 heavy (non-hydrogen) atoms. The lowest BCUT2D eigenvalue weighted by Gasteiger charge is -2.30. The van der Waals surface area contributed by atoms with Crippen LogP contribution < -0.4 is 0 Å². The summed E-state index contributed by atoms with van der Waals surface area (Å²) in [4.78, 5) is 14.5. The smallest absolute Gasteiger partial charge is 0.257 e. The Morgan fingerprint density at radius 1 is 1.24 bits per heavy atom. The number of amides is 1. The van der Waals surface area contributed by atoms with E-state index in [1.54, 1.807) is 4.90 Å². The quantitative estimate of drug-likeness (QED) is 0.793. The van der Waals surface area contributed by atoms with E-state index in [-0.39, 0.29) is 23.1 Å². The monoisotopic (exact) mass is 347 g/mol. The van der Waals surface area contributed by atoms with Gasteiger partial charge in [-0.15, -0.1) is 0 Å². The summed E-state index contributed by atoms with van der Waals surface area (Å²) in [7, 11) is 0. The van der Waals surface area contributed by atoms with Crippen LogP contribution in [-0.4, -0.2) is 22.5 Å². The summed E-state index contributed by atoms with van der Waals surface area (Å²) >= 11 is 0. The van der Waals surface area contributed by atoms with Crippen LogP contribution in [0.3, 0.4) is 0 Å². The second kappa shape index (κ2) is 7.35. The molecule has 4 heteroatoms. The topological polar surface area (TPSA) is 40.5 Å². The molecule has 1 heterocycles. The minimum absolute atomic E-state index is 0.0771. The number of hydrogen-bond donors (Lipinski definition) is 1. The van der Waals surface area contributed by atoms with Crippen LogP contribution in [0.2, 0.25) is 0 Å². The van der Waals surface area contributed by atoms with Crippen LogP contribution in [0.4, 0.5) is 4.39 Å². The van der Waals surface area contributed by atoms with Crippen molar-refractivity contribution in [2.24, 2.45) is 11.8 Å². The van der Waals surface area contributed by atoms with Crippen molar-refractivity contribution in [2.75, 3.05) is 6.54 Å². The van der Waals surface area contributed by atoms with Crippen LogP contribution in [0.5, 0.6) is 5.75 Å². The number of halogens is 1. The average Bonchev–Trinajstić information content (AvgIpc) is 2.93. The summed E-state index contributed by atoms with van der Waals surface area (Å²) in [6, 6.07) is 1.84. The number of hydrogen-bond acceptors (Lipinski definition) is 2. The Bertz CT molecular complexity index is 650. The number of carbonyl (C=O) groups excluding carboxylic acids is 1. The summed E-state index contributed by atoms with van der Waals surface area (Å²) in [5.41, 5.74) is 1.45. The summed E-state index contributed by atoms with van der Waals surface area (Å²) in [5, 5.41) is 10.2. The molecule has 1 atom stereocenters. The molecule has 1 aliphatic heterocycles. The predicted octanol–water partition coefficient (Wildman–Crippen LogP) is 5.22. The summed E-state index contributed by atoms with van der Waals surface area (Å²) in [5.74, 6) is 0.105. The molecule has 0 bridgehead atoms. The molecule has 2 aliphatic rings. The molecule has 1 fully saturated rings. The standard InChI is InChI=1S/C21H30FNO2/c1-4-13(3)17-10-16-12-23(21(25)18(16)19(22)20(17)24)11-15-8-6-14(5-2)7-9-15/h10,13-15,24H,4-9,11-12H2,1-3H3. The Hall–Kier alpha value is -1.58. The zero-order chi connectivity index (χ0) is 18.1. The van der Waals surface area contributed by atoms with Gasteiger partial charge in [0.05, 0.1) is 5.56 Å². The maximum absolute atomic E-state index is 14.7. The van der Waals surface area contributed by atoms with Crippen molar-refractivity contribution >= 4 is 5.91 Å². The molecule has 0 aromatic heterocycles. The van der Waals surface area contributed by atoms with Gasteiger partial charge in [0.25, 0.3) is 5.91 Å². The lowest BCUT2D eigenvalue weighted by molar-refractivity contribution is 0.0725. The molecule has 1 aliphatic carbocycles. The number of carbonyl (C=O) groups is 1. The molecular formula is C21H30FNO2. The Morgan fingerprint density at radius 3 is 2.48 bits per heavy atom. The van der Waals surface area contributed by atoms with E-state index < -0.39 is 5.82 Å². The fourth-order valence-electron chi connectivity index (χ4n) is 4.38. The molecule has 1 aromatic rings. The fraction of sp³-hybridized carbons (Fsp3) is 0.667. The van der Waals surface area contributed by atoms with E-state index >= 15 is 0 Å². The minimum atomic E-state index is -0.727. The zero-order valence-corrected chi connectivity index (χ0v) is 15.6. The van der Waals surface area contributed by atoms with E-state index in [0.29, 0.717) is 24.6 Å². The van der Waals surface area contributed by atoms with Crippen molar-refractivity contribution in [3.63, 3.8) is 0 Å². The first-order valence-electron chi connectivity index (χ1n) is 9.79. The third-order valence-corrected chi connectivity index (χ3v) is 6.38. The van der Waals surface area contributed by atoms with Gasteiger partial charge in [0.1, 0.15) is 0 Å². The fourth-order valence-corrected chi connectivity index (χ4v) is 4.38. The van der Waals surface area contributed by atoms with Crippen LogP contribution in [0.1, 0.15) is 86.7 Å². The van der Waals surface area contributed by atoms with Crippen molar-refractivity contribution < 1.29 is 14.3 Å². The second-order valence-electron chi connectivity index (χ2n) is 7.95. The van der Waals surface area contributed by atoms with Crippen molar-refractivity contribution in [1.82, 2.24) is 4.90 Å². The van der Waals surface area contributed by atoms with E-state index in [9.17, 15) is 14.3 Å². The molecule has 1 unspecified atom stereocenters. The second-order valence-corrected chi connectivity index (χ2v) is 7.95. The maximum Gasteiger partial charge on any atom is 0.257 e. The molecular weight excluding hydrogens is 317 g/mol.